The van der Waals surface area contributed by atoms with Crippen LogP contribution in [0.5, 0.6) is 0 Å². The second-order valence-electron chi connectivity index (χ2n) is 2.18. The smallest absolute Gasteiger partial charge is 0.167 e. The van der Waals surface area contributed by atoms with Gasteiger partial charge in [0.2, 0.25) is 0 Å². The van der Waals surface area contributed by atoms with Gasteiger partial charge in [-0.2, -0.15) is 0 Å². The van der Waals surface area contributed by atoms with Gasteiger partial charge in [-0.15, -0.1) is 5.10 Å². The average molecular weight is 141 g/mol. The van der Waals surface area contributed by atoms with Crippen LogP contribution < -0.4 is 5.73 Å². The Labute approximate surface area is 59.2 Å². The zero-order chi connectivity index (χ0) is 7.56. The first-order chi connectivity index (χ1) is 4.75. The molecule has 2 N–H and O–H groups in total. The summed E-state index contributed by atoms with van der Waals surface area (Å²) in [6, 6.07) is -0.0417. The van der Waals surface area contributed by atoms with E-state index in [9.17, 15) is 0 Å². The van der Waals surface area contributed by atoms with E-state index in [1.54, 1.807) is 11.7 Å². The van der Waals surface area contributed by atoms with Crippen LogP contribution >= 0.6 is 0 Å². The summed E-state index contributed by atoms with van der Waals surface area (Å²) >= 11 is 0. The van der Waals surface area contributed by atoms with Gasteiger partial charge >= 0.3 is 0 Å². The Balaban J connectivity index is 2.82. The van der Waals surface area contributed by atoms with E-state index in [0.717, 1.165) is 12.2 Å². The summed E-state index contributed by atoms with van der Waals surface area (Å²) < 4.78 is 1.59. The van der Waals surface area contributed by atoms with Gasteiger partial charge in [0.15, 0.2) is 5.82 Å². The van der Waals surface area contributed by atoms with E-state index in [1.165, 1.54) is 0 Å². The molecule has 1 aromatic heterocycles. The molecule has 0 unspecified atom stereocenters. The Kier molecular flexibility index (Phi) is 1.96. The predicted molar refractivity (Wildman–Crippen MR) is 36.0 cm³/mol. The molecule has 0 saturated carbocycles. The highest BCUT2D eigenvalue weighted by Crippen LogP contribution is 2.06. The van der Waals surface area contributed by atoms with Gasteiger partial charge < -0.3 is 5.73 Å². The van der Waals surface area contributed by atoms with Crippen molar-refractivity contribution in [2.75, 3.05) is 0 Å². The van der Waals surface area contributed by atoms with Gasteiger partial charge in [-0.3, -0.25) is 0 Å². The minimum Gasteiger partial charge on any atom is -0.321 e. The Bertz CT molecular complexity index is 206. The molecule has 0 bridgehead atoms. The molecular formula is C5H11N5. The van der Waals surface area contributed by atoms with Crippen LogP contribution in [0.1, 0.15) is 25.2 Å². The number of tetrazole rings is 1. The summed E-state index contributed by atoms with van der Waals surface area (Å²) in [6.45, 7) is 2.00. The number of hydrogen-bond acceptors (Lipinski definition) is 4. The maximum atomic E-state index is 5.68. The number of nitrogens with two attached hydrogens (primary N) is 1. The van der Waals surface area contributed by atoms with E-state index in [0.29, 0.717) is 0 Å². The Hall–Kier alpha value is -0.970. The SMILES string of the molecule is CC[C@H](N)c1nnnn1C. The molecule has 0 fully saturated rings. The highest BCUT2D eigenvalue weighted by molar-refractivity contribution is 4.87. The van der Waals surface area contributed by atoms with Gasteiger partial charge in [-0.25, -0.2) is 4.68 Å². The Morgan fingerprint density at radius 2 is 2.40 bits per heavy atom. The first-order valence-electron chi connectivity index (χ1n) is 3.23. The third kappa shape index (κ3) is 1.13. The van der Waals surface area contributed by atoms with E-state index >= 15 is 0 Å². The fourth-order valence-electron chi connectivity index (χ4n) is 0.733. The van der Waals surface area contributed by atoms with Crippen molar-refractivity contribution >= 4 is 0 Å². The Morgan fingerprint density at radius 3 is 2.80 bits per heavy atom. The maximum Gasteiger partial charge on any atom is 0.167 e. The highest BCUT2D eigenvalue weighted by Gasteiger charge is 2.09. The van der Waals surface area contributed by atoms with Crippen LogP contribution in [0.15, 0.2) is 0 Å². The number of aromatic nitrogens is 4. The van der Waals surface area contributed by atoms with Crippen molar-refractivity contribution in [3.63, 3.8) is 0 Å². The van der Waals surface area contributed by atoms with E-state index < -0.39 is 0 Å². The molecule has 10 heavy (non-hydrogen) atoms. The molecule has 0 amide bonds. The molecule has 0 aliphatic heterocycles. The topological polar surface area (TPSA) is 69.6 Å². The standard InChI is InChI=1S/C5H11N5/c1-3-4(6)5-7-8-9-10(5)2/h4H,3,6H2,1-2H3/t4-/m0/s1. The average Bonchev–Trinajstić information content (AvgIpc) is 2.34. The molecule has 5 heteroatoms. The van der Waals surface area contributed by atoms with Crippen molar-refractivity contribution in [1.29, 1.82) is 0 Å². The molecule has 1 rings (SSSR count). The van der Waals surface area contributed by atoms with Gasteiger partial charge in [0, 0.05) is 7.05 Å². The molecule has 1 heterocycles. The van der Waals surface area contributed by atoms with Crippen LogP contribution in [-0.4, -0.2) is 20.2 Å². The zero-order valence-electron chi connectivity index (χ0n) is 6.15. The van der Waals surface area contributed by atoms with Crippen LogP contribution in [0.2, 0.25) is 0 Å². The van der Waals surface area contributed by atoms with Gasteiger partial charge in [0.1, 0.15) is 0 Å². The molecular weight excluding hydrogens is 130 g/mol. The molecule has 56 valence electrons. The van der Waals surface area contributed by atoms with Crippen molar-refractivity contribution in [3.05, 3.63) is 5.82 Å². The summed E-state index contributed by atoms with van der Waals surface area (Å²) in [5.74, 6) is 0.738. The largest absolute Gasteiger partial charge is 0.321 e. The molecule has 0 aliphatic rings. The highest BCUT2D eigenvalue weighted by atomic mass is 15.5. The lowest BCUT2D eigenvalue weighted by molar-refractivity contribution is 0.588. The number of nitrogens with zero attached hydrogens (tertiary/aromatic N) is 4. The number of hydrogen-bond donors (Lipinski definition) is 1. The fourth-order valence-corrected chi connectivity index (χ4v) is 0.733. The second-order valence-corrected chi connectivity index (χ2v) is 2.18. The van der Waals surface area contributed by atoms with E-state index in [-0.39, 0.29) is 6.04 Å². The lowest BCUT2D eigenvalue weighted by Crippen LogP contribution is -2.14. The molecule has 0 radical (unpaired) electrons. The monoisotopic (exact) mass is 141 g/mol. The third-order valence-electron chi connectivity index (χ3n) is 1.42. The Morgan fingerprint density at radius 1 is 1.70 bits per heavy atom. The summed E-state index contributed by atoms with van der Waals surface area (Å²) in [5.41, 5.74) is 5.68. The fraction of sp³-hybridized carbons (Fsp3) is 0.800. The number of aryl methyl sites for hydroxylation is 1. The summed E-state index contributed by atoms with van der Waals surface area (Å²) in [4.78, 5) is 0. The van der Waals surface area contributed by atoms with Crippen molar-refractivity contribution in [2.24, 2.45) is 12.8 Å². The van der Waals surface area contributed by atoms with Crippen LogP contribution in [-0.2, 0) is 7.05 Å². The van der Waals surface area contributed by atoms with E-state index in [1.807, 2.05) is 6.92 Å². The molecule has 1 aromatic rings. The van der Waals surface area contributed by atoms with Crippen molar-refractivity contribution in [3.8, 4) is 0 Å². The summed E-state index contributed by atoms with van der Waals surface area (Å²) in [7, 11) is 1.78. The summed E-state index contributed by atoms with van der Waals surface area (Å²) in [6.07, 6.45) is 0.855. The lowest BCUT2D eigenvalue weighted by atomic mass is 10.2. The van der Waals surface area contributed by atoms with Crippen molar-refractivity contribution in [1.82, 2.24) is 20.2 Å². The van der Waals surface area contributed by atoms with E-state index in [4.69, 9.17) is 5.73 Å². The van der Waals surface area contributed by atoms with Crippen LogP contribution in [0.3, 0.4) is 0 Å². The normalized spacial score (nSPS) is 13.5. The van der Waals surface area contributed by atoms with Crippen molar-refractivity contribution in [2.45, 2.75) is 19.4 Å². The van der Waals surface area contributed by atoms with Crippen LogP contribution in [0.4, 0.5) is 0 Å². The van der Waals surface area contributed by atoms with Crippen molar-refractivity contribution < 1.29 is 0 Å². The quantitative estimate of drug-likeness (QED) is 0.609. The molecule has 0 aliphatic carbocycles. The minimum atomic E-state index is -0.0417. The van der Waals surface area contributed by atoms with Gasteiger partial charge in [0.05, 0.1) is 6.04 Å². The van der Waals surface area contributed by atoms with Crippen LogP contribution in [0.25, 0.3) is 0 Å². The zero-order valence-corrected chi connectivity index (χ0v) is 6.15. The minimum absolute atomic E-state index is 0.0417. The molecule has 0 spiro atoms. The van der Waals surface area contributed by atoms with Gasteiger partial charge in [-0.1, -0.05) is 6.92 Å². The summed E-state index contributed by atoms with van der Waals surface area (Å²) in [5, 5.41) is 10.9. The molecule has 5 nitrogen and oxygen atoms in total. The van der Waals surface area contributed by atoms with Crippen LogP contribution in [0, 0.1) is 0 Å². The maximum absolute atomic E-state index is 5.68. The first kappa shape index (κ1) is 7.14. The molecule has 1 atom stereocenters. The van der Waals surface area contributed by atoms with Gasteiger partial charge in [0.25, 0.3) is 0 Å². The third-order valence-corrected chi connectivity index (χ3v) is 1.42. The van der Waals surface area contributed by atoms with E-state index in [2.05, 4.69) is 15.5 Å². The molecule has 0 aromatic carbocycles. The predicted octanol–water partition coefficient (Wildman–Crippen LogP) is -0.380. The molecule has 0 saturated heterocycles. The first-order valence-corrected chi connectivity index (χ1v) is 3.23. The number of rotatable bonds is 2. The second kappa shape index (κ2) is 2.74. The lowest BCUT2D eigenvalue weighted by Gasteiger charge is -2.03. The van der Waals surface area contributed by atoms with Gasteiger partial charge in [-0.05, 0) is 16.8 Å².